The van der Waals surface area contributed by atoms with Crippen molar-refractivity contribution in [1.82, 2.24) is 4.98 Å². The van der Waals surface area contributed by atoms with E-state index in [-0.39, 0.29) is 0 Å². The Kier molecular flexibility index (Phi) is 13.3. The highest BCUT2D eigenvalue weighted by atomic mass is 79.9. The molecule has 1 aliphatic carbocycles. The first-order valence-corrected chi connectivity index (χ1v) is 17.1. The SMILES string of the molecule is C=C(/C=C(\C=C(/C)C1=CCC=CC=C1)c1cc(Br)cc(-c2cc(-c3ccccc3)nc(-c3ccccc3)c2)c1)C(/C=C\C)=C/C.CC. The lowest BCUT2D eigenvalue weighted by Crippen LogP contribution is -1.93. The third-order valence-corrected chi connectivity index (χ3v) is 8.17. The maximum absolute atomic E-state index is 5.09. The van der Waals surface area contributed by atoms with Crippen LogP contribution in [0.15, 0.2) is 185 Å². The van der Waals surface area contributed by atoms with Crippen molar-refractivity contribution in [2.24, 2.45) is 0 Å². The van der Waals surface area contributed by atoms with Crippen molar-refractivity contribution in [3.05, 3.63) is 191 Å². The molecule has 0 bridgehead atoms. The zero-order valence-corrected chi connectivity index (χ0v) is 29.8. The lowest BCUT2D eigenvalue weighted by atomic mass is 9.93. The second-order valence-electron chi connectivity index (χ2n) is 11.0. The Morgan fingerprint density at radius 2 is 1.38 bits per heavy atom. The molecule has 1 nitrogen and oxygen atoms in total. The lowest BCUT2D eigenvalue weighted by molar-refractivity contribution is 1.32. The molecule has 5 rings (SSSR count). The fraction of sp³-hybridized carbons (Fsp3) is 0.133. The number of aromatic nitrogens is 1. The van der Waals surface area contributed by atoms with Crippen LogP contribution < -0.4 is 0 Å². The number of pyridine rings is 1. The molecule has 3 aromatic carbocycles. The summed E-state index contributed by atoms with van der Waals surface area (Å²) >= 11 is 3.85. The van der Waals surface area contributed by atoms with Crippen LogP contribution in [0.1, 0.15) is 46.6 Å². The zero-order chi connectivity index (χ0) is 33.6. The topological polar surface area (TPSA) is 12.9 Å². The number of hydrogen-bond donors (Lipinski definition) is 0. The molecule has 1 heterocycles. The van der Waals surface area contributed by atoms with E-state index in [0.29, 0.717) is 0 Å². The van der Waals surface area contributed by atoms with Gasteiger partial charge in [0.15, 0.2) is 0 Å². The van der Waals surface area contributed by atoms with Gasteiger partial charge < -0.3 is 0 Å². The molecule has 0 saturated carbocycles. The maximum atomic E-state index is 5.09. The normalized spacial score (nSPS) is 13.6. The van der Waals surface area contributed by atoms with E-state index >= 15 is 0 Å². The fourth-order valence-electron chi connectivity index (χ4n) is 5.37. The monoisotopic (exact) mass is 677 g/mol. The summed E-state index contributed by atoms with van der Waals surface area (Å²) in [6, 6.07) is 31.8. The van der Waals surface area contributed by atoms with Gasteiger partial charge in [0.05, 0.1) is 11.4 Å². The zero-order valence-electron chi connectivity index (χ0n) is 28.2. The second kappa shape index (κ2) is 17.8. The van der Waals surface area contributed by atoms with Crippen molar-refractivity contribution in [1.29, 1.82) is 0 Å². The minimum Gasteiger partial charge on any atom is -0.248 e. The van der Waals surface area contributed by atoms with E-state index in [1.807, 2.05) is 32.9 Å². The summed E-state index contributed by atoms with van der Waals surface area (Å²) in [4.78, 5) is 5.09. The van der Waals surface area contributed by atoms with Gasteiger partial charge in [0.25, 0.3) is 0 Å². The Hall–Kier alpha value is -4.79. The minimum atomic E-state index is 0.917. The van der Waals surface area contributed by atoms with Crippen LogP contribution >= 0.6 is 15.9 Å². The van der Waals surface area contributed by atoms with Gasteiger partial charge in [-0.15, -0.1) is 0 Å². The Morgan fingerprint density at radius 3 is 1.98 bits per heavy atom. The van der Waals surface area contributed by atoms with Gasteiger partial charge in [-0.05, 0) is 108 Å². The summed E-state index contributed by atoms with van der Waals surface area (Å²) < 4.78 is 1.01. The van der Waals surface area contributed by atoms with E-state index in [4.69, 9.17) is 4.98 Å². The minimum absolute atomic E-state index is 0.917. The van der Waals surface area contributed by atoms with Crippen LogP contribution in [0.5, 0.6) is 0 Å². The highest BCUT2D eigenvalue weighted by Crippen LogP contribution is 2.35. The van der Waals surface area contributed by atoms with Gasteiger partial charge in [0, 0.05) is 15.6 Å². The van der Waals surface area contributed by atoms with Gasteiger partial charge in [-0.25, -0.2) is 4.98 Å². The number of allylic oxidation sites excluding steroid dienone is 15. The molecular formula is C45H44BrN. The van der Waals surface area contributed by atoms with Crippen LogP contribution in [0, 0.1) is 0 Å². The molecule has 236 valence electrons. The van der Waals surface area contributed by atoms with Gasteiger partial charge in [0.1, 0.15) is 0 Å². The number of rotatable bonds is 9. The van der Waals surface area contributed by atoms with Crippen LogP contribution in [0.3, 0.4) is 0 Å². The molecule has 0 fully saturated rings. The number of nitrogens with zero attached hydrogens (tertiary/aromatic N) is 1. The van der Waals surface area contributed by atoms with Crippen molar-refractivity contribution in [2.45, 2.75) is 41.0 Å². The molecule has 0 radical (unpaired) electrons. The van der Waals surface area contributed by atoms with Crippen LogP contribution in [0.2, 0.25) is 0 Å². The van der Waals surface area contributed by atoms with Crippen molar-refractivity contribution < 1.29 is 0 Å². The van der Waals surface area contributed by atoms with E-state index in [2.05, 4.69) is 176 Å². The van der Waals surface area contributed by atoms with E-state index in [0.717, 1.165) is 66.8 Å². The quantitative estimate of drug-likeness (QED) is 0.161. The average Bonchev–Trinajstić information content (AvgIpc) is 3.41. The summed E-state index contributed by atoms with van der Waals surface area (Å²) in [6.07, 6.45) is 22.5. The molecule has 1 aliphatic rings. The van der Waals surface area contributed by atoms with Crippen molar-refractivity contribution in [3.8, 4) is 33.6 Å². The molecule has 47 heavy (non-hydrogen) atoms. The third-order valence-electron chi connectivity index (χ3n) is 7.71. The first kappa shape index (κ1) is 35.1. The summed E-state index contributed by atoms with van der Waals surface area (Å²) in [5, 5.41) is 0. The molecule has 0 spiro atoms. The Balaban J connectivity index is 0.00000245. The van der Waals surface area contributed by atoms with Crippen LogP contribution in [-0.2, 0) is 0 Å². The highest BCUT2D eigenvalue weighted by Gasteiger charge is 2.12. The first-order chi connectivity index (χ1) is 22.9. The average molecular weight is 679 g/mol. The molecule has 0 aliphatic heterocycles. The largest absolute Gasteiger partial charge is 0.248 e. The van der Waals surface area contributed by atoms with Crippen molar-refractivity contribution >= 4 is 21.5 Å². The molecule has 0 N–H and O–H groups in total. The smallest absolute Gasteiger partial charge is 0.0715 e. The first-order valence-electron chi connectivity index (χ1n) is 16.3. The Morgan fingerprint density at radius 1 is 0.766 bits per heavy atom. The molecule has 0 amide bonds. The predicted molar refractivity (Wildman–Crippen MR) is 210 cm³/mol. The molecular weight excluding hydrogens is 634 g/mol. The van der Waals surface area contributed by atoms with Gasteiger partial charge >= 0.3 is 0 Å². The van der Waals surface area contributed by atoms with Gasteiger partial charge in [-0.2, -0.15) is 0 Å². The molecule has 0 saturated heterocycles. The summed E-state index contributed by atoms with van der Waals surface area (Å²) in [7, 11) is 0. The van der Waals surface area contributed by atoms with Crippen LogP contribution in [0.25, 0.3) is 39.2 Å². The van der Waals surface area contributed by atoms with E-state index in [1.54, 1.807) is 0 Å². The molecule has 1 aromatic heterocycles. The summed E-state index contributed by atoms with van der Waals surface area (Å²) in [6.45, 7) is 14.7. The maximum Gasteiger partial charge on any atom is 0.0715 e. The van der Waals surface area contributed by atoms with Gasteiger partial charge in [-0.1, -0.05) is 152 Å². The standard InChI is InChI=1S/C43H38BrN.C2H6/c1-5-17-33(6-2)31(3)24-37(25-32(4)34-18-11-7-8-12-19-34)38-26-39(28-41(44)27-38)40-29-42(35-20-13-9-14-21-35)45-43(30-40)36-22-15-10-16-23-36;1-2/h5-11,13-30H,3,12H2,1-2,4H3;1-2H3/b17-5-,32-25+,33-6+,37-24+;. The van der Waals surface area contributed by atoms with E-state index < -0.39 is 0 Å². The molecule has 0 unspecified atom stereocenters. The lowest BCUT2D eigenvalue weighted by Gasteiger charge is -2.14. The van der Waals surface area contributed by atoms with Crippen LogP contribution in [0.4, 0.5) is 0 Å². The molecule has 4 aromatic rings. The van der Waals surface area contributed by atoms with Gasteiger partial charge in [-0.3, -0.25) is 0 Å². The predicted octanol–water partition coefficient (Wildman–Crippen LogP) is 13.7. The summed E-state index contributed by atoms with van der Waals surface area (Å²) in [5.41, 5.74) is 13.0. The number of hydrogen-bond acceptors (Lipinski definition) is 1. The summed E-state index contributed by atoms with van der Waals surface area (Å²) in [5.74, 6) is 0. The van der Waals surface area contributed by atoms with Gasteiger partial charge in [0.2, 0.25) is 0 Å². The Labute approximate surface area is 290 Å². The van der Waals surface area contributed by atoms with Crippen LogP contribution in [-0.4, -0.2) is 4.98 Å². The Bertz CT molecular complexity index is 1840. The van der Waals surface area contributed by atoms with E-state index in [1.165, 1.54) is 11.1 Å². The number of benzene rings is 3. The number of halogens is 1. The second-order valence-corrected chi connectivity index (χ2v) is 11.9. The van der Waals surface area contributed by atoms with Crippen molar-refractivity contribution in [2.75, 3.05) is 0 Å². The fourth-order valence-corrected chi connectivity index (χ4v) is 5.86. The van der Waals surface area contributed by atoms with Crippen molar-refractivity contribution in [3.63, 3.8) is 0 Å². The highest BCUT2D eigenvalue weighted by molar-refractivity contribution is 9.10. The molecule has 2 heteroatoms. The molecule has 0 atom stereocenters. The third kappa shape index (κ3) is 9.61. The van der Waals surface area contributed by atoms with E-state index in [9.17, 15) is 0 Å².